The molecule has 26 heavy (non-hydrogen) atoms. The van der Waals surface area contributed by atoms with E-state index >= 15 is 0 Å². The first-order valence-corrected chi connectivity index (χ1v) is 9.11. The van der Waals surface area contributed by atoms with Gasteiger partial charge in [0, 0.05) is 13.6 Å². The van der Waals surface area contributed by atoms with Crippen LogP contribution in [0.4, 0.5) is 0 Å². The van der Waals surface area contributed by atoms with Gasteiger partial charge in [0.1, 0.15) is 12.4 Å². The van der Waals surface area contributed by atoms with Crippen LogP contribution in [0.5, 0.6) is 5.75 Å². The Balaban J connectivity index is 1.68. The fraction of sp³-hybridized carbons (Fsp3) is 0.409. The van der Waals surface area contributed by atoms with E-state index in [2.05, 4.69) is 51.1 Å². The molecule has 1 saturated carbocycles. The summed E-state index contributed by atoms with van der Waals surface area (Å²) in [6.07, 6.45) is 1.58. The average molecular weight is 352 g/mol. The van der Waals surface area contributed by atoms with Crippen molar-refractivity contribution in [1.82, 2.24) is 4.90 Å². The minimum Gasteiger partial charge on any atom is -0.488 e. The van der Waals surface area contributed by atoms with Crippen molar-refractivity contribution in [1.29, 1.82) is 0 Å². The zero-order valence-electron chi connectivity index (χ0n) is 16.1. The van der Waals surface area contributed by atoms with E-state index < -0.39 is 5.54 Å². The Bertz CT molecular complexity index is 802. The van der Waals surface area contributed by atoms with Gasteiger partial charge in [-0.05, 0) is 55.9 Å². The zero-order valence-corrected chi connectivity index (χ0v) is 16.1. The second-order valence-electron chi connectivity index (χ2n) is 7.65. The maximum Gasteiger partial charge on any atom is 0.242 e. The number of nitrogens with zero attached hydrogens (tertiary/aromatic N) is 1. The van der Waals surface area contributed by atoms with Crippen molar-refractivity contribution in [2.45, 2.75) is 52.3 Å². The Morgan fingerprint density at radius 1 is 1.12 bits per heavy atom. The molecule has 1 aliphatic rings. The van der Waals surface area contributed by atoms with Crippen LogP contribution in [0.25, 0.3) is 0 Å². The number of nitrogens with two attached hydrogens (primary N) is 1. The van der Waals surface area contributed by atoms with Crippen molar-refractivity contribution in [3.8, 4) is 5.75 Å². The Morgan fingerprint density at radius 2 is 1.77 bits per heavy atom. The first-order valence-electron chi connectivity index (χ1n) is 9.11. The summed E-state index contributed by atoms with van der Waals surface area (Å²) in [4.78, 5) is 14.1. The SMILES string of the molecule is Cc1cccc(COc2c(C)cc(CN(C)C(=O)C3(N)CC3)cc2C)c1. The lowest BCUT2D eigenvalue weighted by molar-refractivity contribution is -0.132. The molecule has 138 valence electrons. The molecule has 1 fully saturated rings. The van der Waals surface area contributed by atoms with Crippen molar-refractivity contribution in [3.05, 3.63) is 64.2 Å². The third-order valence-corrected chi connectivity index (χ3v) is 4.97. The normalized spacial score (nSPS) is 14.8. The molecule has 4 heteroatoms. The fourth-order valence-corrected chi connectivity index (χ4v) is 3.39. The average Bonchev–Trinajstić information content (AvgIpc) is 3.32. The maximum absolute atomic E-state index is 12.3. The lowest BCUT2D eigenvalue weighted by atomic mass is 10.0. The van der Waals surface area contributed by atoms with Gasteiger partial charge in [0.15, 0.2) is 0 Å². The number of likely N-dealkylation sites (N-methyl/N-ethyl adjacent to an activating group) is 1. The summed E-state index contributed by atoms with van der Waals surface area (Å²) in [5.41, 5.74) is 11.1. The van der Waals surface area contributed by atoms with E-state index in [9.17, 15) is 4.79 Å². The van der Waals surface area contributed by atoms with Crippen LogP contribution < -0.4 is 10.5 Å². The van der Waals surface area contributed by atoms with Gasteiger partial charge in [-0.1, -0.05) is 42.0 Å². The number of hydrogen-bond acceptors (Lipinski definition) is 3. The van der Waals surface area contributed by atoms with E-state index in [-0.39, 0.29) is 5.91 Å². The molecular weight excluding hydrogens is 324 g/mol. The molecule has 2 aromatic rings. The summed E-state index contributed by atoms with van der Waals surface area (Å²) >= 11 is 0. The highest BCUT2D eigenvalue weighted by molar-refractivity contribution is 5.88. The lowest BCUT2D eigenvalue weighted by Crippen LogP contribution is -2.43. The first-order chi connectivity index (χ1) is 12.3. The maximum atomic E-state index is 12.3. The number of benzene rings is 2. The summed E-state index contributed by atoms with van der Waals surface area (Å²) in [7, 11) is 1.82. The molecule has 4 nitrogen and oxygen atoms in total. The van der Waals surface area contributed by atoms with Crippen molar-refractivity contribution < 1.29 is 9.53 Å². The number of rotatable bonds is 6. The van der Waals surface area contributed by atoms with E-state index in [1.54, 1.807) is 4.90 Å². The first kappa shape index (κ1) is 18.5. The molecule has 2 N–H and O–H groups in total. The predicted octanol–water partition coefficient (Wildman–Crippen LogP) is 3.64. The van der Waals surface area contributed by atoms with Gasteiger partial charge in [-0.15, -0.1) is 0 Å². The van der Waals surface area contributed by atoms with E-state index in [1.807, 2.05) is 13.1 Å². The highest BCUT2D eigenvalue weighted by atomic mass is 16.5. The highest BCUT2D eigenvalue weighted by Gasteiger charge is 2.47. The summed E-state index contributed by atoms with van der Waals surface area (Å²) in [6.45, 7) is 7.30. The van der Waals surface area contributed by atoms with Gasteiger partial charge in [-0.3, -0.25) is 4.79 Å². The molecule has 0 unspecified atom stereocenters. The van der Waals surface area contributed by atoms with Crippen LogP contribution in [-0.2, 0) is 17.9 Å². The summed E-state index contributed by atoms with van der Waals surface area (Å²) in [6, 6.07) is 12.5. The molecule has 1 amide bonds. The second-order valence-corrected chi connectivity index (χ2v) is 7.65. The molecule has 3 rings (SSSR count). The molecule has 0 aliphatic heterocycles. The van der Waals surface area contributed by atoms with Gasteiger partial charge >= 0.3 is 0 Å². The summed E-state index contributed by atoms with van der Waals surface area (Å²) in [5, 5.41) is 0. The number of carbonyl (C=O) groups excluding carboxylic acids is 1. The summed E-state index contributed by atoms with van der Waals surface area (Å²) < 4.78 is 6.08. The Kier molecular flexibility index (Phi) is 5.05. The van der Waals surface area contributed by atoms with Crippen molar-refractivity contribution in [3.63, 3.8) is 0 Å². The van der Waals surface area contributed by atoms with Gasteiger partial charge in [0.25, 0.3) is 0 Å². The largest absolute Gasteiger partial charge is 0.488 e. The summed E-state index contributed by atoms with van der Waals surface area (Å²) in [5.74, 6) is 0.953. The molecule has 0 saturated heterocycles. The second kappa shape index (κ2) is 7.12. The van der Waals surface area contributed by atoms with Crippen LogP contribution in [0.2, 0.25) is 0 Å². The fourth-order valence-electron chi connectivity index (χ4n) is 3.39. The molecule has 0 radical (unpaired) electrons. The van der Waals surface area contributed by atoms with Crippen LogP contribution in [0.15, 0.2) is 36.4 Å². The third kappa shape index (κ3) is 4.07. The molecule has 0 bridgehead atoms. The van der Waals surface area contributed by atoms with Crippen LogP contribution in [0.3, 0.4) is 0 Å². The monoisotopic (exact) mass is 352 g/mol. The van der Waals surface area contributed by atoms with Crippen LogP contribution in [-0.4, -0.2) is 23.4 Å². The molecule has 2 aromatic carbocycles. The van der Waals surface area contributed by atoms with Crippen molar-refractivity contribution >= 4 is 5.91 Å². The lowest BCUT2D eigenvalue weighted by Gasteiger charge is -2.22. The minimum atomic E-state index is -0.615. The number of hydrogen-bond donors (Lipinski definition) is 1. The Hall–Kier alpha value is -2.33. The standard InChI is InChI=1S/C22H28N2O2/c1-15-6-5-7-18(10-15)14-26-20-16(2)11-19(12-17(20)3)13-24(4)21(25)22(23)8-9-22/h5-7,10-12H,8-9,13-14,23H2,1-4H3. The molecule has 0 aromatic heterocycles. The molecule has 1 aliphatic carbocycles. The van der Waals surface area contributed by atoms with Crippen LogP contribution in [0, 0.1) is 20.8 Å². The van der Waals surface area contributed by atoms with E-state index in [0.717, 1.165) is 40.8 Å². The number of aryl methyl sites for hydroxylation is 3. The van der Waals surface area contributed by atoms with Crippen LogP contribution in [0.1, 0.15) is 40.7 Å². The molecule has 0 spiro atoms. The number of carbonyl (C=O) groups is 1. The number of amides is 1. The Labute approximate surface area is 156 Å². The van der Waals surface area contributed by atoms with Gasteiger partial charge < -0.3 is 15.4 Å². The van der Waals surface area contributed by atoms with Gasteiger partial charge in [0.2, 0.25) is 5.91 Å². The molecule has 0 heterocycles. The van der Waals surface area contributed by atoms with E-state index in [0.29, 0.717) is 13.2 Å². The predicted molar refractivity (Wildman–Crippen MR) is 104 cm³/mol. The number of ether oxygens (including phenoxy) is 1. The zero-order chi connectivity index (χ0) is 18.9. The van der Waals surface area contributed by atoms with Gasteiger partial charge in [-0.25, -0.2) is 0 Å². The minimum absolute atomic E-state index is 0.0348. The molecule has 0 atom stereocenters. The van der Waals surface area contributed by atoms with Crippen LogP contribution >= 0.6 is 0 Å². The van der Waals surface area contributed by atoms with Gasteiger partial charge in [-0.2, -0.15) is 0 Å². The van der Waals surface area contributed by atoms with Crippen molar-refractivity contribution in [2.24, 2.45) is 5.73 Å². The topological polar surface area (TPSA) is 55.6 Å². The Morgan fingerprint density at radius 3 is 2.35 bits per heavy atom. The third-order valence-electron chi connectivity index (χ3n) is 4.97. The molecular formula is C22H28N2O2. The highest BCUT2D eigenvalue weighted by Crippen LogP contribution is 2.34. The smallest absolute Gasteiger partial charge is 0.242 e. The van der Waals surface area contributed by atoms with E-state index in [1.165, 1.54) is 5.56 Å². The quantitative estimate of drug-likeness (QED) is 0.863. The van der Waals surface area contributed by atoms with Crippen molar-refractivity contribution in [2.75, 3.05) is 7.05 Å². The van der Waals surface area contributed by atoms with E-state index in [4.69, 9.17) is 10.5 Å². The van der Waals surface area contributed by atoms with Gasteiger partial charge in [0.05, 0.1) is 5.54 Å².